The molecule has 0 aliphatic rings. The van der Waals surface area contributed by atoms with Crippen molar-refractivity contribution < 1.29 is 4.74 Å². The van der Waals surface area contributed by atoms with Crippen molar-refractivity contribution in [3.05, 3.63) is 73.2 Å². The van der Waals surface area contributed by atoms with Crippen LogP contribution in [0.1, 0.15) is 6.42 Å². The number of rotatable bonds is 7. The summed E-state index contributed by atoms with van der Waals surface area (Å²) in [5.41, 5.74) is 4.23. The summed E-state index contributed by atoms with van der Waals surface area (Å²) in [6.45, 7) is 1.52. The van der Waals surface area contributed by atoms with Gasteiger partial charge >= 0.3 is 0 Å². The molecule has 0 fully saturated rings. The molecule has 5 nitrogen and oxygen atoms in total. The Morgan fingerprint density at radius 1 is 0.963 bits per heavy atom. The highest BCUT2D eigenvalue weighted by Gasteiger charge is 2.16. The quantitative estimate of drug-likeness (QED) is 0.493. The van der Waals surface area contributed by atoms with Crippen molar-refractivity contribution in [3.8, 4) is 16.8 Å². The summed E-state index contributed by atoms with van der Waals surface area (Å²) in [6, 6.07) is 20.6. The van der Waals surface area contributed by atoms with Gasteiger partial charge in [-0.1, -0.05) is 48.5 Å². The molecule has 4 rings (SSSR count). The predicted molar refractivity (Wildman–Crippen MR) is 109 cm³/mol. The number of para-hydroxylation sites is 1. The molecule has 5 heteroatoms. The van der Waals surface area contributed by atoms with Gasteiger partial charge in [0, 0.05) is 37.7 Å². The zero-order valence-corrected chi connectivity index (χ0v) is 15.3. The van der Waals surface area contributed by atoms with E-state index >= 15 is 0 Å². The molecule has 2 heterocycles. The highest BCUT2D eigenvalue weighted by atomic mass is 16.5. The molecule has 2 aromatic carbocycles. The van der Waals surface area contributed by atoms with Gasteiger partial charge in [-0.15, -0.1) is 0 Å². The van der Waals surface area contributed by atoms with Gasteiger partial charge in [-0.25, -0.2) is 9.97 Å². The van der Waals surface area contributed by atoms with Gasteiger partial charge in [0.15, 0.2) is 5.65 Å². The number of aromatic nitrogens is 3. The van der Waals surface area contributed by atoms with Crippen LogP contribution in [0.4, 0.5) is 5.82 Å². The van der Waals surface area contributed by atoms with E-state index < -0.39 is 0 Å². The van der Waals surface area contributed by atoms with Crippen molar-refractivity contribution in [2.45, 2.75) is 6.42 Å². The smallest absolute Gasteiger partial charge is 0.150 e. The van der Waals surface area contributed by atoms with Gasteiger partial charge in [0.1, 0.15) is 12.1 Å². The average Bonchev–Trinajstić information content (AvgIpc) is 3.13. The van der Waals surface area contributed by atoms with Crippen molar-refractivity contribution in [2.75, 3.05) is 25.6 Å². The summed E-state index contributed by atoms with van der Waals surface area (Å²) < 4.78 is 7.27. The summed E-state index contributed by atoms with van der Waals surface area (Å²) >= 11 is 0. The maximum Gasteiger partial charge on any atom is 0.150 e. The SMILES string of the molecule is COCCCNc1ncnc2c1c(-c1ccccc1)cn2-c1ccccc1. The third-order valence-corrected chi connectivity index (χ3v) is 4.52. The average molecular weight is 358 g/mol. The van der Waals surface area contributed by atoms with Crippen molar-refractivity contribution in [1.82, 2.24) is 14.5 Å². The van der Waals surface area contributed by atoms with E-state index in [0.717, 1.165) is 53.2 Å². The highest BCUT2D eigenvalue weighted by Crippen LogP contribution is 2.35. The van der Waals surface area contributed by atoms with Crippen LogP contribution >= 0.6 is 0 Å². The summed E-state index contributed by atoms with van der Waals surface area (Å²) in [4.78, 5) is 9.12. The molecule has 0 aliphatic heterocycles. The highest BCUT2D eigenvalue weighted by molar-refractivity contribution is 6.02. The van der Waals surface area contributed by atoms with E-state index in [1.54, 1.807) is 13.4 Å². The fourth-order valence-corrected chi connectivity index (χ4v) is 3.24. The lowest BCUT2D eigenvalue weighted by molar-refractivity contribution is 0.198. The van der Waals surface area contributed by atoms with Crippen LogP contribution in [0.25, 0.3) is 27.8 Å². The van der Waals surface area contributed by atoms with Crippen molar-refractivity contribution >= 4 is 16.9 Å². The minimum atomic E-state index is 0.720. The predicted octanol–water partition coefficient (Wildman–Crippen LogP) is 4.54. The molecule has 0 atom stereocenters. The molecule has 0 bridgehead atoms. The molecule has 4 aromatic rings. The maximum atomic E-state index is 5.15. The van der Waals surface area contributed by atoms with E-state index in [-0.39, 0.29) is 0 Å². The van der Waals surface area contributed by atoms with Crippen LogP contribution in [0.5, 0.6) is 0 Å². The van der Waals surface area contributed by atoms with Gasteiger partial charge in [0.25, 0.3) is 0 Å². The fourth-order valence-electron chi connectivity index (χ4n) is 3.24. The molecule has 0 saturated carbocycles. The Kier molecular flexibility index (Phi) is 5.12. The zero-order valence-electron chi connectivity index (χ0n) is 15.3. The monoisotopic (exact) mass is 358 g/mol. The van der Waals surface area contributed by atoms with Crippen LogP contribution in [0.2, 0.25) is 0 Å². The molecule has 0 radical (unpaired) electrons. The fraction of sp³-hybridized carbons (Fsp3) is 0.182. The second-order valence-electron chi connectivity index (χ2n) is 6.31. The molecule has 0 aliphatic carbocycles. The molecule has 0 amide bonds. The van der Waals surface area contributed by atoms with Crippen LogP contribution in [0.15, 0.2) is 73.2 Å². The largest absolute Gasteiger partial charge is 0.385 e. The Morgan fingerprint density at radius 2 is 1.70 bits per heavy atom. The van der Waals surface area contributed by atoms with E-state index in [9.17, 15) is 0 Å². The third-order valence-electron chi connectivity index (χ3n) is 4.52. The number of fused-ring (bicyclic) bond motifs is 1. The molecule has 0 unspecified atom stereocenters. The second kappa shape index (κ2) is 8.01. The Labute approximate surface area is 158 Å². The van der Waals surface area contributed by atoms with E-state index in [0.29, 0.717) is 0 Å². The molecular formula is C22H22N4O. The van der Waals surface area contributed by atoms with Gasteiger partial charge < -0.3 is 14.6 Å². The minimum absolute atomic E-state index is 0.720. The number of anilines is 1. The number of methoxy groups -OCH3 is 1. The standard InChI is InChI=1S/C22H22N4O/c1-27-14-8-13-23-21-20-19(17-9-4-2-5-10-17)15-26(22(20)25-16-24-21)18-11-6-3-7-12-18/h2-7,9-12,15-16H,8,13-14H2,1H3,(H,23,24,25). The zero-order chi connectivity index (χ0) is 18.5. The Morgan fingerprint density at radius 3 is 2.44 bits per heavy atom. The van der Waals surface area contributed by atoms with E-state index in [4.69, 9.17) is 4.74 Å². The molecule has 136 valence electrons. The topological polar surface area (TPSA) is 52.0 Å². The number of nitrogens with zero attached hydrogens (tertiary/aromatic N) is 3. The Balaban J connectivity index is 1.86. The molecule has 2 aromatic heterocycles. The van der Waals surface area contributed by atoms with Gasteiger partial charge in [-0.3, -0.25) is 0 Å². The lowest BCUT2D eigenvalue weighted by Crippen LogP contribution is -2.07. The molecule has 0 saturated heterocycles. The van der Waals surface area contributed by atoms with Crippen molar-refractivity contribution in [1.29, 1.82) is 0 Å². The number of ether oxygens (including phenoxy) is 1. The summed E-state index contributed by atoms with van der Waals surface area (Å²) in [7, 11) is 1.72. The van der Waals surface area contributed by atoms with Crippen LogP contribution in [-0.4, -0.2) is 34.8 Å². The molecular weight excluding hydrogens is 336 g/mol. The van der Waals surface area contributed by atoms with Crippen LogP contribution in [0.3, 0.4) is 0 Å². The first kappa shape index (κ1) is 17.2. The van der Waals surface area contributed by atoms with Crippen LogP contribution in [0, 0.1) is 0 Å². The number of hydrogen-bond donors (Lipinski definition) is 1. The first-order valence-electron chi connectivity index (χ1n) is 9.08. The maximum absolute atomic E-state index is 5.15. The number of benzene rings is 2. The van der Waals surface area contributed by atoms with E-state index in [1.807, 2.05) is 24.3 Å². The lowest BCUT2D eigenvalue weighted by Gasteiger charge is -2.08. The van der Waals surface area contributed by atoms with Gasteiger partial charge in [0.05, 0.1) is 5.39 Å². The lowest BCUT2D eigenvalue weighted by atomic mass is 10.1. The minimum Gasteiger partial charge on any atom is -0.385 e. The van der Waals surface area contributed by atoms with Crippen molar-refractivity contribution in [3.63, 3.8) is 0 Å². The molecule has 1 N–H and O–H groups in total. The summed E-state index contributed by atoms with van der Waals surface area (Å²) in [6.07, 6.45) is 4.68. The first-order chi connectivity index (χ1) is 13.4. The van der Waals surface area contributed by atoms with E-state index in [2.05, 4.69) is 62.4 Å². The molecule has 27 heavy (non-hydrogen) atoms. The first-order valence-corrected chi connectivity index (χ1v) is 9.08. The molecule has 0 spiro atoms. The van der Waals surface area contributed by atoms with Crippen LogP contribution < -0.4 is 5.32 Å². The number of nitrogens with one attached hydrogen (secondary N) is 1. The van der Waals surface area contributed by atoms with Crippen molar-refractivity contribution in [2.24, 2.45) is 0 Å². The summed E-state index contributed by atoms with van der Waals surface area (Å²) in [5.74, 6) is 0.852. The normalized spacial score (nSPS) is 11.0. The second-order valence-corrected chi connectivity index (χ2v) is 6.31. The number of hydrogen-bond acceptors (Lipinski definition) is 4. The van der Waals surface area contributed by atoms with E-state index in [1.165, 1.54) is 0 Å². The third kappa shape index (κ3) is 3.55. The van der Waals surface area contributed by atoms with Gasteiger partial charge in [-0.2, -0.15) is 0 Å². The van der Waals surface area contributed by atoms with Gasteiger partial charge in [-0.05, 0) is 24.1 Å². The van der Waals surface area contributed by atoms with Gasteiger partial charge in [0.2, 0.25) is 0 Å². The Hall–Kier alpha value is -3.18. The van der Waals surface area contributed by atoms with Crippen LogP contribution in [-0.2, 0) is 4.74 Å². The Bertz CT molecular complexity index is 1010. The summed E-state index contributed by atoms with van der Waals surface area (Å²) in [5, 5.41) is 4.49.